The van der Waals surface area contributed by atoms with Crippen LogP contribution in [0.3, 0.4) is 0 Å². The van der Waals surface area contributed by atoms with Crippen molar-refractivity contribution in [3.8, 4) is 16.9 Å². The summed E-state index contributed by atoms with van der Waals surface area (Å²) in [6, 6.07) is 21.0. The minimum absolute atomic E-state index is 0.0620. The van der Waals surface area contributed by atoms with Gasteiger partial charge in [-0.25, -0.2) is 9.07 Å². The summed E-state index contributed by atoms with van der Waals surface area (Å²) in [5.41, 5.74) is 3.22. The van der Waals surface area contributed by atoms with Crippen LogP contribution in [-0.4, -0.2) is 27.4 Å². The van der Waals surface area contributed by atoms with Crippen LogP contribution in [0.25, 0.3) is 22.2 Å². The molecular formula is C21H16FN3O2. The van der Waals surface area contributed by atoms with Crippen molar-refractivity contribution >= 4 is 16.8 Å². The zero-order valence-electron chi connectivity index (χ0n) is 14.4. The molecule has 134 valence electrons. The fourth-order valence-electron chi connectivity index (χ4n) is 2.82. The zero-order chi connectivity index (χ0) is 18.6. The first-order valence-corrected chi connectivity index (χ1v) is 8.48. The second-order valence-corrected chi connectivity index (χ2v) is 6.10. The van der Waals surface area contributed by atoms with Crippen molar-refractivity contribution in [1.82, 2.24) is 15.0 Å². The molecule has 4 aromatic rings. The van der Waals surface area contributed by atoms with Crippen LogP contribution in [0, 0.1) is 5.82 Å². The molecule has 0 bridgehead atoms. The maximum Gasteiger partial charge on any atom is 0.191 e. The van der Waals surface area contributed by atoms with Gasteiger partial charge in [-0.3, -0.25) is 4.79 Å². The number of rotatable bonds is 6. The summed E-state index contributed by atoms with van der Waals surface area (Å²) in [5.74, 6) is 0.186. The standard InChI is InChI=1S/C21H16FN3O2/c22-17-5-3-4-16(12-17)15-8-10-19(11-9-15)27-14-18(26)13-25-21-7-2-1-6-20(21)23-24-25/h1-12H,13-14H2. The van der Waals surface area contributed by atoms with Crippen LogP contribution < -0.4 is 4.74 Å². The van der Waals surface area contributed by atoms with E-state index in [0.717, 1.165) is 22.2 Å². The number of carbonyl (C=O) groups is 1. The van der Waals surface area contributed by atoms with Crippen molar-refractivity contribution in [3.05, 3.63) is 78.6 Å². The molecule has 5 nitrogen and oxygen atoms in total. The van der Waals surface area contributed by atoms with Gasteiger partial charge in [0.25, 0.3) is 0 Å². The topological polar surface area (TPSA) is 57.0 Å². The Labute approximate surface area is 155 Å². The van der Waals surface area contributed by atoms with E-state index in [2.05, 4.69) is 10.3 Å². The lowest BCUT2D eigenvalue weighted by atomic mass is 10.1. The second-order valence-electron chi connectivity index (χ2n) is 6.10. The smallest absolute Gasteiger partial charge is 0.191 e. The van der Waals surface area contributed by atoms with Gasteiger partial charge in [-0.1, -0.05) is 41.6 Å². The maximum absolute atomic E-state index is 13.3. The molecule has 0 atom stereocenters. The Hall–Kier alpha value is -3.54. The number of aromatic nitrogens is 3. The first kappa shape index (κ1) is 16.9. The molecule has 0 saturated heterocycles. The first-order chi connectivity index (χ1) is 13.2. The Bertz CT molecular complexity index is 1090. The lowest BCUT2D eigenvalue weighted by Crippen LogP contribution is -2.18. The molecule has 6 heteroatoms. The summed E-state index contributed by atoms with van der Waals surface area (Å²) in [4.78, 5) is 12.2. The highest BCUT2D eigenvalue weighted by molar-refractivity contribution is 5.82. The van der Waals surface area contributed by atoms with Crippen molar-refractivity contribution in [3.63, 3.8) is 0 Å². The molecule has 0 spiro atoms. The number of nitrogens with zero attached hydrogens (tertiary/aromatic N) is 3. The molecule has 0 fully saturated rings. The minimum atomic E-state index is -0.279. The van der Waals surface area contributed by atoms with E-state index in [4.69, 9.17) is 4.74 Å². The third kappa shape index (κ3) is 3.84. The summed E-state index contributed by atoms with van der Waals surface area (Å²) >= 11 is 0. The van der Waals surface area contributed by atoms with Gasteiger partial charge in [0.1, 0.15) is 30.2 Å². The van der Waals surface area contributed by atoms with Gasteiger partial charge < -0.3 is 4.74 Å². The number of benzene rings is 3. The normalized spacial score (nSPS) is 10.9. The van der Waals surface area contributed by atoms with Gasteiger partial charge >= 0.3 is 0 Å². The molecule has 0 aliphatic rings. The summed E-state index contributed by atoms with van der Waals surface area (Å²) < 4.78 is 20.4. The van der Waals surface area contributed by atoms with Crippen molar-refractivity contribution in [2.75, 3.05) is 6.61 Å². The molecule has 27 heavy (non-hydrogen) atoms. The Balaban J connectivity index is 1.37. The predicted molar refractivity (Wildman–Crippen MR) is 99.9 cm³/mol. The van der Waals surface area contributed by atoms with Crippen LogP contribution in [-0.2, 0) is 11.3 Å². The van der Waals surface area contributed by atoms with E-state index in [9.17, 15) is 9.18 Å². The Kier molecular flexibility index (Phi) is 4.61. The summed E-state index contributed by atoms with van der Waals surface area (Å²) in [7, 11) is 0. The molecule has 0 unspecified atom stereocenters. The number of fused-ring (bicyclic) bond motifs is 1. The largest absolute Gasteiger partial charge is 0.486 e. The molecule has 1 aromatic heterocycles. The number of hydrogen-bond donors (Lipinski definition) is 0. The van der Waals surface area contributed by atoms with Crippen molar-refractivity contribution in [2.45, 2.75) is 6.54 Å². The molecule has 4 rings (SSSR count). The van der Waals surface area contributed by atoms with Crippen LogP contribution >= 0.6 is 0 Å². The number of halogens is 1. The van der Waals surface area contributed by atoms with E-state index < -0.39 is 0 Å². The zero-order valence-corrected chi connectivity index (χ0v) is 14.4. The summed E-state index contributed by atoms with van der Waals surface area (Å²) in [6.07, 6.45) is 0. The fourth-order valence-corrected chi connectivity index (χ4v) is 2.82. The van der Waals surface area contributed by atoms with Crippen LogP contribution in [0.4, 0.5) is 4.39 Å². The number of ketones is 1. The quantitative estimate of drug-likeness (QED) is 0.523. The van der Waals surface area contributed by atoms with Gasteiger partial charge in [-0.05, 0) is 47.5 Å². The third-order valence-corrected chi connectivity index (χ3v) is 4.16. The van der Waals surface area contributed by atoms with Gasteiger partial charge in [0.05, 0.1) is 5.52 Å². The highest BCUT2D eigenvalue weighted by Gasteiger charge is 2.09. The second kappa shape index (κ2) is 7.37. The average Bonchev–Trinajstić information content (AvgIpc) is 3.10. The maximum atomic E-state index is 13.3. The number of Topliss-reactive ketones (excluding diaryl/α,β-unsaturated/α-hetero) is 1. The number of hydrogen-bond acceptors (Lipinski definition) is 4. The monoisotopic (exact) mass is 361 g/mol. The molecule has 3 aromatic carbocycles. The highest BCUT2D eigenvalue weighted by atomic mass is 19.1. The number of carbonyl (C=O) groups excluding carboxylic acids is 1. The van der Waals surface area contributed by atoms with Crippen molar-refractivity contribution in [2.24, 2.45) is 0 Å². The van der Waals surface area contributed by atoms with E-state index in [0.29, 0.717) is 5.75 Å². The molecule has 1 heterocycles. The molecule has 0 aliphatic heterocycles. The van der Waals surface area contributed by atoms with Gasteiger partial charge in [0.2, 0.25) is 0 Å². The minimum Gasteiger partial charge on any atom is -0.486 e. The van der Waals surface area contributed by atoms with Crippen molar-refractivity contribution < 1.29 is 13.9 Å². The lowest BCUT2D eigenvalue weighted by Gasteiger charge is -2.07. The molecule has 0 saturated carbocycles. The highest BCUT2D eigenvalue weighted by Crippen LogP contribution is 2.23. The van der Waals surface area contributed by atoms with Crippen LogP contribution in [0.2, 0.25) is 0 Å². The van der Waals surface area contributed by atoms with E-state index in [1.54, 1.807) is 22.9 Å². The lowest BCUT2D eigenvalue weighted by molar-refractivity contribution is -0.121. The van der Waals surface area contributed by atoms with E-state index in [1.165, 1.54) is 12.1 Å². The summed E-state index contributed by atoms with van der Waals surface area (Å²) in [5, 5.41) is 8.03. The molecule has 0 aliphatic carbocycles. The predicted octanol–water partition coefficient (Wildman–Crippen LogP) is 3.89. The summed E-state index contributed by atoms with van der Waals surface area (Å²) in [6.45, 7) is 0.0371. The molecule has 0 N–H and O–H groups in total. The fraction of sp³-hybridized carbons (Fsp3) is 0.0952. The van der Waals surface area contributed by atoms with Gasteiger partial charge in [-0.2, -0.15) is 0 Å². The third-order valence-electron chi connectivity index (χ3n) is 4.16. The number of para-hydroxylation sites is 1. The number of ether oxygens (including phenoxy) is 1. The van der Waals surface area contributed by atoms with E-state index >= 15 is 0 Å². The van der Waals surface area contributed by atoms with E-state index in [-0.39, 0.29) is 24.8 Å². The molecular weight excluding hydrogens is 345 g/mol. The molecule has 0 amide bonds. The average molecular weight is 361 g/mol. The van der Waals surface area contributed by atoms with Gasteiger partial charge in [-0.15, -0.1) is 5.10 Å². The van der Waals surface area contributed by atoms with E-state index in [1.807, 2.05) is 42.5 Å². The van der Waals surface area contributed by atoms with Gasteiger partial charge in [0, 0.05) is 0 Å². The van der Waals surface area contributed by atoms with Gasteiger partial charge in [0.15, 0.2) is 5.78 Å². The van der Waals surface area contributed by atoms with Crippen LogP contribution in [0.1, 0.15) is 0 Å². The molecule has 0 radical (unpaired) electrons. The Morgan fingerprint density at radius 2 is 1.78 bits per heavy atom. The van der Waals surface area contributed by atoms with Crippen LogP contribution in [0.15, 0.2) is 72.8 Å². The SMILES string of the molecule is O=C(COc1ccc(-c2cccc(F)c2)cc1)Cn1nnc2ccccc21. The van der Waals surface area contributed by atoms with Crippen LogP contribution in [0.5, 0.6) is 5.75 Å². The van der Waals surface area contributed by atoms with Crippen molar-refractivity contribution in [1.29, 1.82) is 0 Å². The Morgan fingerprint density at radius 1 is 0.963 bits per heavy atom. The Morgan fingerprint density at radius 3 is 2.59 bits per heavy atom. The first-order valence-electron chi connectivity index (χ1n) is 8.48.